The average Bonchev–Trinajstić information content (AvgIpc) is 2.70. The lowest BCUT2D eigenvalue weighted by Gasteiger charge is -2.33. The molecule has 28 heavy (non-hydrogen) atoms. The summed E-state index contributed by atoms with van der Waals surface area (Å²) >= 11 is 6.12. The van der Waals surface area contributed by atoms with E-state index in [4.69, 9.17) is 22.1 Å². The van der Waals surface area contributed by atoms with Crippen LogP contribution < -0.4 is 15.8 Å². The quantitative estimate of drug-likeness (QED) is 0.536. The van der Waals surface area contributed by atoms with Gasteiger partial charge in [0.2, 0.25) is 0 Å². The molecule has 0 saturated carbocycles. The minimum absolute atomic E-state index is 0.146. The molecule has 3 rings (SSSR count). The van der Waals surface area contributed by atoms with Gasteiger partial charge in [-0.15, -0.1) is 0 Å². The van der Waals surface area contributed by atoms with Gasteiger partial charge in [0.05, 0.1) is 16.3 Å². The summed E-state index contributed by atoms with van der Waals surface area (Å²) in [7, 11) is 0. The summed E-state index contributed by atoms with van der Waals surface area (Å²) in [4.78, 5) is 15.3. The third kappa shape index (κ3) is 5.40. The molecular weight excluding hydrogens is 374 g/mol. The number of nitrogen functional groups attached to an aromatic ring is 1. The van der Waals surface area contributed by atoms with Crippen molar-refractivity contribution < 1.29 is 9.53 Å². The highest BCUT2D eigenvalue weighted by molar-refractivity contribution is 6.33. The molecule has 1 heterocycles. The molecule has 6 heteroatoms. The molecule has 0 bridgehead atoms. The van der Waals surface area contributed by atoms with E-state index in [0.717, 1.165) is 45.3 Å². The second-order valence-electron chi connectivity index (χ2n) is 7.27. The molecule has 2 aliphatic rings. The van der Waals surface area contributed by atoms with Crippen molar-refractivity contribution in [3.05, 3.63) is 59.2 Å². The molecule has 0 atom stereocenters. The molecule has 0 aromatic heterocycles. The van der Waals surface area contributed by atoms with E-state index in [1.54, 1.807) is 18.2 Å². The number of anilines is 1. The normalized spacial score (nSPS) is 17.8. The SMILES string of the molecule is C=CCOc1cc(N)c(Cl)cc1C(=O)NC1CCN(CC2=CCC=CC2)CC1. The number of halogens is 1. The Balaban J connectivity index is 1.56. The van der Waals surface area contributed by atoms with Crippen LogP contribution in [0.5, 0.6) is 5.75 Å². The topological polar surface area (TPSA) is 67.6 Å². The van der Waals surface area contributed by atoms with Crippen LogP contribution in [0.3, 0.4) is 0 Å². The van der Waals surface area contributed by atoms with Crippen molar-refractivity contribution >= 4 is 23.2 Å². The first-order chi connectivity index (χ1) is 13.6. The molecule has 1 aromatic carbocycles. The van der Waals surface area contributed by atoms with Crippen molar-refractivity contribution in [2.45, 2.75) is 31.7 Å². The lowest BCUT2D eigenvalue weighted by atomic mass is 10.0. The summed E-state index contributed by atoms with van der Waals surface area (Å²) in [5, 5.41) is 3.47. The van der Waals surface area contributed by atoms with Gasteiger partial charge in [0, 0.05) is 31.7 Å². The Labute approximate surface area is 171 Å². The number of allylic oxidation sites excluding steroid dienone is 3. The lowest BCUT2D eigenvalue weighted by Crippen LogP contribution is -2.45. The second kappa shape index (κ2) is 9.80. The summed E-state index contributed by atoms with van der Waals surface area (Å²) < 4.78 is 5.60. The third-order valence-electron chi connectivity index (χ3n) is 5.14. The van der Waals surface area contributed by atoms with Crippen molar-refractivity contribution in [2.75, 3.05) is 32.0 Å². The van der Waals surface area contributed by atoms with Crippen LogP contribution in [0.2, 0.25) is 5.02 Å². The van der Waals surface area contributed by atoms with Crippen molar-refractivity contribution in [2.24, 2.45) is 0 Å². The number of carbonyl (C=O) groups is 1. The van der Waals surface area contributed by atoms with Crippen LogP contribution in [0.4, 0.5) is 5.69 Å². The zero-order chi connectivity index (χ0) is 19.9. The van der Waals surface area contributed by atoms with Crippen molar-refractivity contribution in [3.63, 3.8) is 0 Å². The number of benzene rings is 1. The third-order valence-corrected chi connectivity index (χ3v) is 5.47. The predicted octanol–water partition coefficient (Wildman–Crippen LogP) is 3.96. The van der Waals surface area contributed by atoms with Gasteiger partial charge in [-0.05, 0) is 31.7 Å². The number of nitrogens with two attached hydrogens (primary N) is 1. The van der Waals surface area contributed by atoms with E-state index in [1.165, 1.54) is 5.57 Å². The predicted molar refractivity (Wildman–Crippen MR) is 115 cm³/mol. The molecule has 1 aliphatic heterocycles. The Morgan fingerprint density at radius 1 is 1.36 bits per heavy atom. The van der Waals surface area contributed by atoms with Gasteiger partial charge >= 0.3 is 0 Å². The van der Waals surface area contributed by atoms with E-state index in [-0.39, 0.29) is 11.9 Å². The number of piperidine rings is 1. The van der Waals surface area contributed by atoms with E-state index < -0.39 is 0 Å². The van der Waals surface area contributed by atoms with Crippen LogP contribution in [0, 0.1) is 0 Å². The van der Waals surface area contributed by atoms with Gasteiger partial charge in [-0.2, -0.15) is 0 Å². The zero-order valence-corrected chi connectivity index (χ0v) is 16.9. The number of carbonyl (C=O) groups excluding carboxylic acids is 1. The second-order valence-corrected chi connectivity index (χ2v) is 7.67. The van der Waals surface area contributed by atoms with Gasteiger partial charge in [-0.3, -0.25) is 9.69 Å². The number of hydrogen-bond donors (Lipinski definition) is 2. The standard InChI is InChI=1S/C22H28ClN3O2/c1-2-12-28-21-14-20(24)19(23)13-18(21)22(27)25-17-8-10-26(11-9-17)15-16-6-4-3-5-7-16/h2-4,7,13-14,17H,1,5-6,8-12,15,24H2,(H,25,27). The molecule has 0 radical (unpaired) electrons. The maximum absolute atomic E-state index is 12.8. The Bertz CT molecular complexity index is 780. The molecule has 1 aromatic rings. The van der Waals surface area contributed by atoms with Gasteiger partial charge in [-0.1, -0.05) is 48.1 Å². The molecule has 150 valence electrons. The number of ether oxygens (including phenoxy) is 1. The minimum Gasteiger partial charge on any atom is -0.489 e. The fourth-order valence-electron chi connectivity index (χ4n) is 3.58. The van der Waals surface area contributed by atoms with Gasteiger partial charge in [0.25, 0.3) is 5.91 Å². The molecule has 1 saturated heterocycles. The summed E-state index contributed by atoms with van der Waals surface area (Å²) in [5.74, 6) is 0.244. The van der Waals surface area contributed by atoms with E-state index in [0.29, 0.717) is 28.6 Å². The van der Waals surface area contributed by atoms with Gasteiger partial charge in [-0.25, -0.2) is 0 Å². The maximum atomic E-state index is 12.8. The Hall–Kier alpha value is -2.24. The van der Waals surface area contributed by atoms with Crippen LogP contribution in [0.15, 0.2) is 48.6 Å². The smallest absolute Gasteiger partial charge is 0.255 e. The molecule has 3 N–H and O–H groups in total. The number of nitrogens with zero attached hydrogens (tertiary/aromatic N) is 1. The van der Waals surface area contributed by atoms with E-state index in [9.17, 15) is 4.79 Å². The largest absolute Gasteiger partial charge is 0.489 e. The molecule has 0 spiro atoms. The fraction of sp³-hybridized carbons (Fsp3) is 0.409. The molecule has 1 amide bonds. The lowest BCUT2D eigenvalue weighted by molar-refractivity contribution is 0.0910. The molecular formula is C22H28ClN3O2. The van der Waals surface area contributed by atoms with Crippen molar-refractivity contribution in [1.82, 2.24) is 10.2 Å². The summed E-state index contributed by atoms with van der Waals surface area (Å²) in [5.41, 5.74) is 8.14. The molecule has 1 aliphatic carbocycles. The zero-order valence-electron chi connectivity index (χ0n) is 16.1. The van der Waals surface area contributed by atoms with Crippen LogP contribution in [-0.4, -0.2) is 43.1 Å². The summed E-state index contributed by atoms with van der Waals surface area (Å²) in [6.07, 6.45) is 12.4. The number of likely N-dealkylation sites (tertiary alicyclic amines) is 1. The average molecular weight is 402 g/mol. The van der Waals surface area contributed by atoms with Crippen LogP contribution in [-0.2, 0) is 0 Å². The highest BCUT2D eigenvalue weighted by Gasteiger charge is 2.23. The minimum atomic E-state index is -0.181. The molecule has 0 unspecified atom stereocenters. The first-order valence-electron chi connectivity index (χ1n) is 9.75. The van der Waals surface area contributed by atoms with Crippen LogP contribution >= 0.6 is 11.6 Å². The van der Waals surface area contributed by atoms with Gasteiger partial charge in [0.1, 0.15) is 12.4 Å². The molecule has 5 nitrogen and oxygen atoms in total. The fourth-order valence-corrected chi connectivity index (χ4v) is 3.74. The van der Waals surface area contributed by atoms with Crippen molar-refractivity contribution in [3.8, 4) is 5.75 Å². The highest BCUT2D eigenvalue weighted by Crippen LogP contribution is 2.29. The summed E-state index contributed by atoms with van der Waals surface area (Å²) in [6.45, 7) is 6.92. The van der Waals surface area contributed by atoms with Gasteiger partial charge < -0.3 is 15.8 Å². The first kappa shape index (κ1) is 20.5. The van der Waals surface area contributed by atoms with Crippen LogP contribution in [0.1, 0.15) is 36.0 Å². The Kier molecular flexibility index (Phi) is 7.18. The number of nitrogens with one attached hydrogen (secondary N) is 1. The highest BCUT2D eigenvalue weighted by atomic mass is 35.5. The van der Waals surface area contributed by atoms with Crippen molar-refractivity contribution in [1.29, 1.82) is 0 Å². The molecule has 1 fully saturated rings. The van der Waals surface area contributed by atoms with E-state index in [2.05, 4.69) is 35.0 Å². The monoisotopic (exact) mass is 401 g/mol. The van der Waals surface area contributed by atoms with Gasteiger partial charge in [0.15, 0.2) is 0 Å². The number of amides is 1. The van der Waals surface area contributed by atoms with E-state index in [1.807, 2.05) is 0 Å². The Morgan fingerprint density at radius 3 is 2.82 bits per heavy atom. The first-order valence-corrected chi connectivity index (χ1v) is 10.1. The number of hydrogen-bond acceptors (Lipinski definition) is 4. The maximum Gasteiger partial charge on any atom is 0.255 e. The van der Waals surface area contributed by atoms with E-state index >= 15 is 0 Å². The number of rotatable bonds is 7. The summed E-state index contributed by atoms with van der Waals surface area (Å²) in [6, 6.07) is 3.31. The van der Waals surface area contributed by atoms with Crippen LogP contribution in [0.25, 0.3) is 0 Å². The Morgan fingerprint density at radius 2 is 2.14 bits per heavy atom.